The van der Waals surface area contributed by atoms with Crippen molar-refractivity contribution in [2.24, 2.45) is 0 Å². The molecule has 0 aliphatic heterocycles. The van der Waals surface area contributed by atoms with Crippen LogP contribution in [0, 0.1) is 13.8 Å². The number of hydrogen-bond donors (Lipinski definition) is 1. The lowest BCUT2D eigenvalue weighted by molar-refractivity contribution is -0.135. The molecule has 0 unspecified atom stereocenters. The normalized spacial score (nSPS) is 10.2. The molecule has 0 aliphatic carbocycles. The van der Waals surface area contributed by atoms with E-state index < -0.39 is 0 Å². The van der Waals surface area contributed by atoms with Crippen molar-refractivity contribution in [3.63, 3.8) is 0 Å². The van der Waals surface area contributed by atoms with E-state index in [-0.39, 0.29) is 25.0 Å². The average molecular weight is 356 g/mol. The summed E-state index contributed by atoms with van der Waals surface area (Å²) in [6, 6.07) is 12.7. The van der Waals surface area contributed by atoms with Crippen LogP contribution in [0.5, 0.6) is 11.5 Å². The predicted molar refractivity (Wildman–Crippen MR) is 101 cm³/mol. The summed E-state index contributed by atoms with van der Waals surface area (Å²) in [6.45, 7) is 3.76. The number of carbonyl (C=O) groups is 2. The van der Waals surface area contributed by atoms with Gasteiger partial charge in [0.15, 0.2) is 6.61 Å². The second kappa shape index (κ2) is 8.89. The second-order valence-electron chi connectivity index (χ2n) is 6.01. The minimum atomic E-state index is -0.280. The summed E-state index contributed by atoms with van der Waals surface area (Å²) in [4.78, 5) is 25.6. The van der Waals surface area contributed by atoms with Crippen LogP contribution < -0.4 is 14.8 Å². The first kappa shape index (κ1) is 19.3. The van der Waals surface area contributed by atoms with Crippen LogP contribution in [-0.2, 0) is 9.59 Å². The van der Waals surface area contributed by atoms with Crippen molar-refractivity contribution in [3.8, 4) is 11.5 Å². The minimum Gasteiger partial charge on any atom is -0.497 e. The van der Waals surface area contributed by atoms with Crippen LogP contribution in [0.3, 0.4) is 0 Å². The predicted octanol–water partition coefficient (Wildman–Crippen LogP) is 2.79. The highest BCUT2D eigenvalue weighted by atomic mass is 16.5. The molecule has 2 aromatic carbocycles. The fraction of sp³-hybridized carbons (Fsp3) is 0.300. The van der Waals surface area contributed by atoms with Gasteiger partial charge in [0.05, 0.1) is 13.7 Å². The van der Waals surface area contributed by atoms with Crippen LogP contribution in [0.15, 0.2) is 42.5 Å². The van der Waals surface area contributed by atoms with Crippen molar-refractivity contribution in [2.75, 3.05) is 32.6 Å². The molecule has 6 heteroatoms. The summed E-state index contributed by atoms with van der Waals surface area (Å²) < 4.78 is 10.7. The zero-order valence-corrected chi connectivity index (χ0v) is 15.5. The number of likely N-dealkylation sites (N-methyl/N-ethyl adjacent to an activating group) is 1. The number of nitrogens with one attached hydrogen (secondary N) is 1. The molecule has 0 aliphatic rings. The number of nitrogens with zero attached hydrogens (tertiary/aromatic N) is 1. The Labute approximate surface area is 153 Å². The zero-order valence-electron chi connectivity index (χ0n) is 15.5. The molecule has 0 spiro atoms. The third-order valence-electron chi connectivity index (χ3n) is 4.09. The summed E-state index contributed by atoms with van der Waals surface area (Å²) in [7, 11) is 3.15. The molecule has 0 bridgehead atoms. The van der Waals surface area contributed by atoms with E-state index in [1.165, 1.54) is 4.90 Å². The Kier molecular flexibility index (Phi) is 6.60. The van der Waals surface area contributed by atoms with Crippen LogP contribution in [0.25, 0.3) is 0 Å². The van der Waals surface area contributed by atoms with E-state index in [2.05, 4.69) is 5.32 Å². The van der Waals surface area contributed by atoms with E-state index in [4.69, 9.17) is 9.47 Å². The molecule has 26 heavy (non-hydrogen) atoms. The van der Waals surface area contributed by atoms with Crippen molar-refractivity contribution in [3.05, 3.63) is 53.6 Å². The highest BCUT2D eigenvalue weighted by Gasteiger charge is 2.14. The van der Waals surface area contributed by atoms with Gasteiger partial charge in [-0.15, -0.1) is 0 Å². The number of carbonyl (C=O) groups excluding carboxylic acids is 2. The van der Waals surface area contributed by atoms with Crippen molar-refractivity contribution >= 4 is 17.5 Å². The van der Waals surface area contributed by atoms with Gasteiger partial charge in [0, 0.05) is 12.7 Å². The van der Waals surface area contributed by atoms with Crippen LogP contribution >= 0.6 is 0 Å². The lowest BCUT2D eigenvalue weighted by Crippen LogP contribution is -2.37. The summed E-state index contributed by atoms with van der Waals surface area (Å²) in [5, 5.41) is 2.74. The van der Waals surface area contributed by atoms with Gasteiger partial charge in [0.2, 0.25) is 5.91 Å². The highest BCUT2D eigenvalue weighted by Crippen LogP contribution is 2.20. The maximum Gasteiger partial charge on any atom is 0.260 e. The number of amides is 2. The van der Waals surface area contributed by atoms with Crippen LogP contribution in [0.1, 0.15) is 11.1 Å². The third-order valence-corrected chi connectivity index (χ3v) is 4.09. The van der Waals surface area contributed by atoms with Gasteiger partial charge in [-0.05, 0) is 55.3 Å². The molecule has 0 atom stereocenters. The number of rotatable bonds is 7. The molecule has 0 heterocycles. The lowest BCUT2D eigenvalue weighted by atomic mass is 10.1. The first-order valence-electron chi connectivity index (χ1n) is 8.27. The summed E-state index contributed by atoms with van der Waals surface area (Å²) >= 11 is 0. The van der Waals surface area contributed by atoms with Crippen molar-refractivity contribution < 1.29 is 19.1 Å². The van der Waals surface area contributed by atoms with E-state index >= 15 is 0 Å². The van der Waals surface area contributed by atoms with E-state index in [0.29, 0.717) is 17.2 Å². The molecule has 0 radical (unpaired) electrons. The summed E-state index contributed by atoms with van der Waals surface area (Å²) in [5.74, 6) is 0.835. The first-order chi connectivity index (χ1) is 12.4. The van der Waals surface area contributed by atoms with E-state index in [1.807, 2.05) is 32.0 Å². The molecular weight excluding hydrogens is 332 g/mol. The number of methoxy groups -OCH3 is 1. The van der Waals surface area contributed by atoms with Gasteiger partial charge >= 0.3 is 0 Å². The van der Waals surface area contributed by atoms with E-state index in [9.17, 15) is 9.59 Å². The number of aryl methyl sites for hydroxylation is 1. The average Bonchev–Trinajstić information content (AvgIpc) is 2.63. The summed E-state index contributed by atoms with van der Waals surface area (Å²) in [5.41, 5.74) is 2.74. The number of anilines is 1. The number of ether oxygens (including phenoxy) is 2. The van der Waals surface area contributed by atoms with E-state index in [0.717, 1.165) is 11.1 Å². The molecular formula is C20H24N2O4. The van der Waals surface area contributed by atoms with Crippen LogP contribution in [0.4, 0.5) is 5.69 Å². The van der Waals surface area contributed by atoms with E-state index in [1.54, 1.807) is 38.4 Å². The second-order valence-corrected chi connectivity index (χ2v) is 6.01. The molecule has 0 aromatic heterocycles. The molecule has 6 nitrogen and oxygen atoms in total. The van der Waals surface area contributed by atoms with Gasteiger partial charge in [0.25, 0.3) is 5.91 Å². The lowest BCUT2D eigenvalue weighted by Gasteiger charge is -2.18. The number of benzene rings is 2. The Bertz CT molecular complexity index is 772. The van der Waals surface area contributed by atoms with Crippen LogP contribution in [-0.4, -0.2) is 44.0 Å². The molecule has 0 fully saturated rings. The summed E-state index contributed by atoms with van der Waals surface area (Å²) in [6.07, 6.45) is 0. The number of hydrogen-bond acceptors (Lipinski definition) is 4. The molecule has 2 amide bonds. The Morgan fingerprint density at radius 2 is 1.77 bits per heavy atom. The zero-order chi connectivity index (χ0) is 19.1. The smallest absolute Gasteiger partial charge is 0.260 e. The Morgan fingerprint density at radius 1 is 1.08 bits per heavy atom. The molecule has 2 aromatic rings. The molecule has 0 saturated carbocycles. The largest absolute Gasteiger partial charge is 0.497 e. The van der Waals surface area contributed by atoms with Crippen molar-refractivity contribution in [1.82, 2.24) is 4.90 Å². The van der Waals surface area contributed by atoms with Gasteiger partial charge in [-0.3, -0.25) is 9.59 Å². The van der Waals surface area contributed by atoms with Gasteiger partial charge in [-0.2, -0.15) is 0 Å². The maximum absolute atomic E-state index is 12.2. The Balaban J connectivity index is 1.83. The fourth-order valence-electron chi connectivity index (χ4n) is 2.31. The monoisotopic (exact) mass is 356 g/mol. The van der Waals surface area contributed by atoms with Gasteiger partial charge < -0.3 is 19.7 Å². The van der Waals surface area contributed by atoms with Gasteiger partial charge in [-0.1, -0.05) is 12.1 Å². The van der Waals surface area contributed by atoms with Crippen molar-refractivity contribution in [1.29, 1.82) is 0 Å². The SMILES string of the molecule is COc1ccc(NC(=O)CN(C)C(=O)COc2cccc(C)c2C)cc1. The van der Waals surface area contributed by atoms with Gasteiger partial charge in [0.1, 0.15) is 11.5 Å². The Morgan fingerprint density at radius 3 is 2.42 bits per heavy atom. The highest BCUT2D eigenvalue weighted by molar-refractivity contribution is 5.94. The molecule has 2 rings (SSSR count). The van der Waals surface area contributed by atoms with Crippen LogP contribution in [0.2, 0.25) is 0 Å². The molecule has 0 saturated heterocycles. The topological polar surface area (TPSA) is 67.9 Å². The quantitative estimate of drug-likeness (QED) is 0.828. The third kappa shape index (κ3) is 5.24. The molecule has 138 valence electrons. The van der Waals surface area contributed by atoms with Gasteiger partial charge in [-0.25, -0.2) is 0 Å². The Hall–Kier alpha value is -3.02. The fourth-order valence-corrected chi connectivity index (χ4v) is 2.31. The first-order valence-corrected chi connectivity index (χ1v) is 8.27. The maximum atomic E-state index is 12.2. The molecule has 1 N–H and O–H groups in total. The van der Waals surface area contributed by atoms with Crippen molar-refractivity contribution in [2.45, 2.75) is 13.8 Å². The standard InChI is InChI=1S/C20H24N2O4/c1-14-6-5-7-18(15(14)2)26-13-20(24)22(3)12-19(23)21-16-8-10-17(25-4)11-9-16/h5-11H,12-13H2,1-4H3,(H,21,23). The minimum absolute atomic E-state index is 0.0545.